The predicted octanol–water partition coefficient (Wildman–Crippen LogP) is 4.71. The fourth-order valence-electron chi connectivity index (χ4n) is 3.48. The number of anilines is 1. The molecule has 1 aliphatic carbocycles. The normalized spacial score (nSPS) is 14.6. The van der Waals surface area contributed by atoms with Crippen molar-refractivity contribution in [2.24, 2.45) is 0 Å². The summed E-state index contributed by atoms with van der Waals surface area (Å²) in [5.41, 5.74) is 1.86. The largest absolute Gasteiger partial charge is 0.351 e. The van der Waals surface area contributed by atoms with E-state index in [0.717, 1.165) is 16.6 Å². The minimum Gasteiger partial charge on any atom is -0.351 e. The minimum atomic E-state index is -3.49. The Labute approximate surface area is 188 Å². The molecule has 3 rings (SSSR count). The Balaban J connectivity index is 1.59. The molecule has 1 amide bonds. The summed E-state index contributed by atoms with van der Waals surface area (Å²) in [7, 11) is -3.49. The smallest absolute Gasteiger partial charge is 0.251 e. The van der Waals surface area contributed by atoms with Crippen molar-refractivity contribution in [2.45, 2.75) is 37.5 Å². The Kier molecular flexibility index (Phi) is 8.08. The summed E-state index contributed by atoms with van der Waals surface area (Å²) in [5, 5.41) is 4.28. The van der Waals surface area contributed by atoms with Crippen LogP contribution in [0.1, 0.15) is 41.6 Å². The van der Waals surface area contributed by atoms with Crippen LogP contribution in [0, 0.1) is 0 Å². The molecule has 0 aromatic heterocycles. The Morgan fingerprint density at radius 1 is 1.10 bits per heavy atom. The van der Waals surface area contributed by atoms with Crippen molar-refractivity contribution in [3.63, 3.8) is 0 Å². The molecule has 0 aliphatic heterocycles. The van der Waals surface area contributed by atoms with Crippen LogP contribution in [-0.2, 0) is 16.6 Å². The van der Waals surface area contributed by atoms with E-state index in [2.05, 4.69) is 5.32 Å². The molecule has 1 N–H and O–H groups in total. The van der Waals surface area contributed by atoms with Crippen molar-refractivity contribution >= 4 is 45.0 Å². The summed E-state index contributed by atoms with van der Waals surface area (Å²) in [6.45, 7) is 0.827. The maximum Gasteiger partial charge on any atom is 0.251 e. The molecule has 30 heavy (non-hydrogen) atoms. The van der Waals surface area contributed by atoms with Gasteiger partial charge in [-0.1, -0.05) is 36.6 Å². The standard InChI is InChI=1S/C22H27ClN2O3S2/c1-30(27,28)25(16-17-6-10-19(23)11-7-17)20-12-8-18(9-13-20)22(26)24-14-15-29-21-4-2-3-5-21/h6-13,21H,2-5,14-16H2,1H3,(H,24,26). The minimum absolute atomic E-state index is 0.142. The van der Waals surface area contributed by atoms with Crippen LogP contribution in [0.5, 0.6) is 0 Å². The number of hydrogen-bond donors (Lipinski definition) is 1. The van der Waals surface area contributed by atoms with Gasteiger partial charge in [0, 0.05) is 28.1 Å². The van der Waals surface area contributed by atoms with E-state index in [9.17, 15) is 13.2 Å². The Morgan fingerprint density at radius 2 is 1.73 bits per heavy atom. The van der Waals surface area contributed by atoms with Gasteiger partial charge < -0.3 is 5.32 Å². The number of nitrogens with zero attached hydrogens (tertiary/aromatic N) is 1. The van der Waals surface area contributed by atoms with Gasteiger partial charge in [0.05, 0.1) is 18.5 Å². The number of hydrogen-bond acceptors (Lipinski definition) is 4. The van der Waals surface area contributed by atoms with E-state index < -0.39 is 10.0 Å². The lowest BCUT2D eigenvalue weighted by atomic mass is 10.2. The Hall–Kier alpha value is -1.70. The van der Waals surface area contributed by atoms with Crippen molar-refractivity contribution in [2.75, 3.05) is 22.9 Å². The molecule has 0 heterocycles. The summed E-state index contributed by atoms with van der Waals surface area (Å²) in [5.74, 6) is 0.773. The van der Waals surface area contributed by atoms with Crippen LogP contribution in [-0.4, -0.2) is 38.1 Å². The number of thioether (sulfide) groups is 1. The topological polar surface area (TPSA) is 66.5 Å². The summed E-state index contributed by atoms with van der Waals surface area (Å²) < 4.78 is 26.0. The molecule has 0 saturated heterocycles. The number of carbonyl (C=O) groups is 1. The average molecular weight is 467 g/mol. The molecule has 0 radical (unpaired) electrons. The first-order valence-corrected chi connectivity index (χ1v) is 13.3. The number of amides is 1. The summed E-state index contributed by atoms with van der Waals surface area (Å²) in [4.78, 5) is 12.4. The summed E-state index contributed by atoms with van der Waals surface area (Å²) in [6.07, 6.45) is 6.38. The molecular formula is C22H27ClN2O3S2. The fraction of sp³-hybridized carbons (Fsp3) is 0.409. The van der Waals surface area contributed by atoms with E-state index in [4.69, 9.17) is 11.6 Å². The molecule has 2 aromatic carbocycles. The monoisotopic (exact) mass is 466 g/mol. The van der Waals surface area contributed by atoms with Crippen molar-refractivity contribution in [3.8, 4) is 0 Å². The molecule has 0 atom stereocenters. The maximum absolute atomic E-state index is 12.4. The van der Waals surface area contributed by atoms with Crippen LogP contribution in [0.2, 0.25) is 5.02 Å². The third kappa shape index (κ3) is 6.65. The second-order valence-corrected chi connectivity index (χ2v) is 11.2. The first-order chi connectivity index (χ1) is 14.3. The zero-order valence-electron chi connectivity index (χ0n) is 17.0. The van der Waals surface area contributed by atoms with Gasteiger partial charge in [0.25, 0.3) is 5.91 Å². The summed E-state index contributed by atoms with van der Waals surface area (Å²) in [6, 6.07) is 13.7. The number of rotatable bonds is 9. The molecule has 0 bridgehead atoms. The van der Waals surface area contributed by atoms with Gasteiger partial charge >= 0.3 is 0 Å². The SMILES string of the molecule is CS(=O)(=O)N(Cc1ccc(Cl)cc1)c1ccc(C(=O)NCCSC2CCCC2)cc1. The van der Waals surface area contributed by atoms with Crippen LogP contribution in [0.4, 0.5) is 5.69 Å². The van der Waals surface area contributed by atoms with E-state index >= 15 is 0 Å². The van der Waals surface area contributed by atoms with Crippen molar-refractivity contribution < 1.29 is 13.2 Å². The third-order valence-corrected chi connectivity index (χ3v) is 7.88. The number of benzene rings is 2. The Bertz CT molecular complexity index is 941. The fourth-order valence-corrected chi connectivity index (χ4v) is 5.72. The van der Waals surface area contributed by atoms with Crippen molar-refractivity contribution in [1.29, 1.82) is 0 Å². The van der Waals surface area contributed by atoms with Gasteiger partial charge in [-0.05, 0) is 54.8 Å². The molecule has 0 unspecified atom stereocenters. The molecule has 8 heteroatoms. The van der Waals surface area contributed by atoms with Crippen molar-refractivity contribution in [3.05, 3.63) is 64.7 Å². The molecule has 1 fully saturated rings. The van der Waals surface area contributed by atoms with Gasteiger partial charge in [-0.15, -0.1) is 0 Å². The number of halogens is 1. The lowest BCUT2D eigenvalue weighted by molar-refractivity contribution is 0.0956. The predicted molar refractivity (Wildman–Crippen MR) is 126 cm³/mol. The van der Waals surface area contributed by atoms with Gasteiger partial charge in [-0.2, -0.15) is 11.8 Å². The van der Waals surface area contributed by atoms with Crippen LogP contribution >= 0.6 is 23.4 Å². The van der Waals surface area contributed by atoms with Gasteiger partial charge in [0.2, 0.25) is 10.0 Å². The van der Waals surface area contributed by atoms with Gasteiger partial charge in [-0.25, -0.2) is 8.42 Å². The molecule has 0 spiro atoms. The molecule has 2 aromatic rings. The second-order valence-electron chi connectivity index (χ2n) is 7.48. The summed E-state index contributed by atoms with van der Waals surface area (Å²) >= 11 is 7.85. The highest BCUT2D eigenvalue weighted by molar-refractivity contribution is 7.99. The van der Waals surface area contributed by atoms with E-state index in [1.807, 2.05) is 11.8 Å². The quantitative estimate of drug-likeness (QED) is 0.543. The highest BCUT2D eigenvalue weighted by Gasteiger charge is 2.19. The van der Waals surface area contributed by atoms with Crippen molar-refractivity contribution in [1.82, 2.24) is 5.32 Å². The number of sulfonamides is 1. The molecule has 1 saturated carbocycles. The molecule has 5 nitrogen and oxygen atoms in total. The average Bonchev–Trinajstić information content (AvgIpc) is 3.23. The number of carbonyl (C=O) groups excluding carboxylic acids is 1. The Morgan fingerprint density at radius 3 is 2.33 bits per heavy atom. The molecular weight excluding hydrogens is 440 g/mol. The molecule has 1 aliphatic rings. The maximum atomic E-state index is 12.4. The van der Waals surface area contributed by atoms with Crippen LogP contribution in [0.15, 0.2) is 48.5 Å². The van der Waals surface area contributed by atoms with E-state index in [-0.39, 0.29) is 12.5 Å². The number of nitrogens with one attached hydrogen (secondary N) is 1. The first kappa shape index (κ1) is 23.0. The molecule has 162 valence electrons. The van der Waals surface area contributed by atoms with Gasteiger partial charge in [0.1, 0.15) is 0 Å². The zero-order valence-corrected chi connectivity index (χ0v) is 19.4. The van der Waals surface area contributed by atoms with Crippen LogP contribution in [0.3, 0.4) is 0 Å². The highest BCUT2D eigenvalue weighted by atomic mass is 35.5. The van der Waals surface area contributed by atoms with Crippen LogP contribution in [0.25, 0.3) is 0 Å². The van der Waals surface area contributed by atoms with Gasteiger partial charge in [-0.3, -0.25) is 9.10 Å². The van der Waals surface area contributed by atoms with E-state index in [1.165, 1.54) is 36.2 Å². The third-order valence-electron chi connectivity index (χ3n) is 5.10. The van der Waals surface area contributed by atoms with E-state index in [1.54, 1.807) is 48.5 Å². The van der Waals surface area contributed by atoms with Gasteiger partial charge in [0.15, 0.2) is 0 Å². The highest BCUT2D eigenvalue weighted by Crippen LogP contribution is 2.29. The zero-order chi connectivity index (χ0) is 21.6. The first-order valence-electron chi connectivity index (χ1n) is 10.0. The lowest BCUT2D eigenvalue weighted by Gasteiger charge is -2.23. The van der Waals surface area contributed by atoms with Crippen LogP contribution < -0.4 is 9.62 Å². The lowest BCUT2D eigenvalue weighted by Crippen LogP contribution is -2.29. The second kappa shape index (κ2) is 10.6. The van der Waals surface area contributed by atoms with E-state index in [0.29, 0.717) is 22.8 Å².